The number of aromatic nitrogens is 2. The number of hydrogen-bond acceptors (Lipinski definition) is 3. The van der Waals surface area contributed by atoms with E-state index in [1.54, 1.807) is 43.1 Å². The number of hydrogen-bond donors (Lipinski definition) is 2. The van der Waals surface area contributed by atoms with E-state index in [1.807, 2.05) is 0 Å². The number of ether oxygens (including phenoxy) is 1. The second-order valence-corrected chi connectivity index (χ2v) is 6.49. The Hall–Kier alpha value is -1.77. The number of imidazole rings is 1. The van der Waals surface area contributed by atoms with Crippen LogP contribution in [0, 0.1) is 0 Å². The molecule has 0 spiro atoms. The van der Waals surface area contributed by atoms with Crippen LogP contribution in [0.5, 0.6) is 0 Å². The van der Waals surface area contributed by atoms with Crippen LogP contribution in [0.3, 0.4) is 0 Å². The third kappa shape index (κ3) is 5.92. The maximum atomic E-state index is 11.5. The van der Waals surface area contributed by atoms with Gasteiger partial charge in [0.05, 0.1) is 0 Å². The number of amides is 2. The van der Waals surface area contributed by atoms with Crippen molar-refractivity contribution < 1.29 is 19.4 Å². The van der Waals surface area contributed by atoms with Crippen LogP contribution in [0.4, 0.5) is 9.59 Å². The van der Waals surface area contributed by atoms with Crippen molar-refractivity contribution in [1.82, 2.24) is 14.5 Å². The molecule has 1 aromatic rings. The molecule has 0 aliphatic rings. The van der Waals surface area contributed by atoms with E-state index in [2.05, 4.69) is 26.2 Å². The molecule has 0 bridgehead atoms. The van der Waals surface area contributed by atoms with Gasteiger partial charge in [-0.3, -0.25) is 0 Å². The van der Waals surface area contributed by atoms with Gasteiger partial charge in [0.15, 0.2) is 0 Å². The first-order chi connectivity index (χ1) is 10.1. The summed E-state index contributed by atoms with van der Waals surface area (Å²) in [5, 5.41) is 11.4. The minimum Gasteiger partial charge on any atom is -0.463 e. The molecule has 1 heterocycles. The quantitative estimate of drug-likeness (QED) is 0.785. The first-order valence-electron chi connectivity index (χ1n) is 6.76. The Morgan fingerprint density at radius 2 is 2.09 bits per heavy atom. The minimum absolute atomic E-state index is 0.316. The zero-order chi connectivity index (χ0) is 16.9. The second-order valence-electron chi connectivity index (χ2n) is 5.68. The normalized spacial score (nSPS) is 12.3. The summed E-state index contributed by atoms with van der Waals surface area (Å²) in [6.07, 6.45) is 0.633. The van der Waals surface area contributed by atoms with Crippen LogP contribution in [0.2, 0.25) is 0 Å². The number of rotatable bonds is 4. The molecule has 1 rings (SSSR count). The lowest BCUT2D eigenvalue weighted by Gasteiger charge is -2.19. The summed E-state index contributed by atoms with van der Waals surface area (Å²) in [5.41, 5.74) is -0.215. The van der Waals surface area contributed by atoms with E-state index in [1.165, 1.54) is 0 Å². The molecule has 0 fully saturated rings. The first-order valence-corrected chi connectivity index (χ1v) is 7.55. The van der Waals surface area contributed by atoms with E-state index in [9.17, 15) is 9.59 Å². The number of carbonyl (C=O) groups is 2. The fourth-order valence-electron chi connectivity index (χ4n) is 1.70. The Bertz CT molecular complexity index is 613. The van der Waals surface area contributed by atoms with Crippen LogP contribution in [-0.2, 0) is 18.3 Å². The van der Waals surface area contributed by atoms with Crippen molar-refractivity contribution >= 4 is 28.1 Å². The monoisotopic (exact) mass is 376 g/mol. The predicted octanol–water partition coefficient (Wildman–Crippen LogP) is 2.08. The summed E-state index contributed by atoms with van der Waals surface area (Å²) in [6.45, 7) is 6.32. The lowest BCUT2D eigenvalue weighted by molar-refractivity contribution is 0.0526. The van der Waals surface area contributed by atoms with E-state index in [-0.39, 0.29) is 0 Å². The molecule has 8 nitrogen and oxygen atoms in total. The standard InChI is InChI=1S/C13H21BrN4O4/c1-13(2,3)22-12(21)15-6-5-7-18-8-9(14)17(4)10(18)16-11(19)20/h8H,5-7H2,1-4H3,(H,15,21)(H,19,20). The number of aryl methyl sites for hydroxylation is 1. The molecule has 9 heteroatoms. The van der Waals surface area contributed by atoms with Gasteiger partial charge >= 0.3 is 12.2 Å². The number of halogens is 1. The summed E-state index contributed by atoms with van der Waals surface area (Å²) in [7, 11) is 1.71. The molecular formula is C13H21BrN4O4. The fraction of sp³-hybridized carbons (Fsp3) is 0.615. The smallest absolute Gasteiger partial charge is 0.434 e. The van der Waals surface area contributed by atoms with Gasteiger partial charge in [-0.05, 0) is 43.1 Å². The van der Waals surface area contributed by atoms with Gasteiger partial charge in [-0.2, -0.15) is 0 Å². The summed E-state index contributed by atoms with van der Waals surface area (Å²) in [6, 6.07) is 0. The van der Waals surface area contributed by atoms with E-state index in [0.717, 1.165) is 0 Å². The predicted molar refractivity (Wildman–Crippen MR) is 83.5 cm³/mol. The molecule has 124 valence electrons. The molecule has 0 radical (unpaired) electrons. The number of alkyl carbamates (subject to hydrolysis) is 1. The summed E-state index contributed by atoms with van der Waals surface area (Å²) in [4.78, 5) is 25.8. The van der Waals surface area contributed by atoms with E-state index in [0.29, 0.717) is 29.7 Å². The topological polar surface area (TPSA) is 97.9 Å². The van der Waals surface area contributed by atoms with Crippen molar-refractivity contribution in [2.45, 2.75) is 39.3 Å². The molecular weight excluding hydrogens is 356 g/mol. The molecule has 0 atom stereocenters. The van der Waals surface area contributed by atoms with Crippen LogP contribution in [0.15, 0.2) is 15.8 Å². The summed E-state index contributed by atoms with van der Waals surface area (Å²) in [5.74, 6) is 0. The maximum Gasteiger partial charge on any atom is 0.434 e. The average molecular weight is 377 g/mol. The Morgan fingerprint density at radius 3 is 2.64 bits per heavy atom. The fourth-order valence-corrected chi connectivity index (χ4v) is 2.11. The third-order valence-corrected chi connectivity index (χ3v) is 3.32. The molecule has 22 heavy (non-hydrogen) atoms. The Kier molecular flexibility index (Phi) is 6.21. The largest absolute Gasteiger partial charge is 0.463 e. The van der Waals surface area contributed by atoms with Crippen molar-refractivity contribution in [2.24, 2.45) is 12.0 Å². The zero-order valence-electron chi connectivity index (χ0n) is 13.1. The third-order valence-electron chi connectivity index (χ3n) is 2.58. The van der Waals surface area contributed by atoms with Gasteiger partial charge in [-0.15, -0.1) is 4.99 Å². The molecule has 2 N–H and O–H groups in total. The van der Waals surface area contributed by atoms with E-state index < -0.39 is 17.8 Å². The average Bonchev–Trinajstić information content (AvgIpc) is 2.60. The van der Waals surface area contributed by atoms with Crippen LogP contribution >= 0.6 is 15.9 Å². The first kappa shape index (κ1) is 18.3. The number of nitrogens with one attached hydrogen (secondary N) is 1. The van der Waals surface area contributed by atoms with Crippen LogP contribution in [0.1, 0.15) is 27.2 Å². The van der Waals surface area contributed by atoms with Gasteiger partial charge < -0.3 is 24.3 Å². The summed E-state index contributed by atoms with van der Waals surface area (Å²) < 4.78 is 9.16. The molecule has 0 aliphatic heterocycles. The van der Waals surface area contributed by atoms with Gasteiger partial charge in [0.2, 0.25) is 5.62 Å². The number of nitrogens with zero attached hydrogens (tertiary/aromatic N) is 3. The van der Waals surface area contributed by atoms with Crippen molar-refractivity contribution in [1.29, 1.82) is 0 Å². The molecule has 2 amide bonds. The molecule has 0 aromatic carbocycles. The molecule has 0 unspecified atom stereocenters. The van der Waals surface area contributed by atoms with Gasteiger partial charge in [0, 0.05) is 26.3 Å². The lowest BCUT2D eigenvalue weighted by atomic mass is 10.2. The van der Waals surface area contributed by atoms with Gasteiger partial charge in [0.25, 0.3) is 0 Å². The van der Waals surface area contributed by atoms with Gasteiger partial charge in [-0.1, -0.05) is 0 Å². The summed E-state index contributed by atoms with van der Waals surface area (Å²) >= 11 is 3.32. The lowest BCUT2D eigenvalue weighted by Crippen LogP contribution is -2.33. The minimum atomic E-state index is -1.26. The highest BCUT2D eigenvalue weighted by Gasteiger charge is 2.15. The Labute approximate surface area is 136 Å². The zero-order valence-corrected chi connectivity index (χ0v) is 14.7. The van der Waals surface area contributed by atoms with Crippen molar-refractivity contribution in [3.05, 3.63) is 16.4 Å². The highest BCUT2D eigenvalue weighted by molar-refractivity contribution is 9.10. The molecule has 0 aliphatic carbocycles. The van der Waals surface area contributed by atoms with Gasteiger partial charge in [-0.25, -0.2) is 9.59 Å². The molecule has 1 aromatic heterocycles. The second kappa shape index (κ2) is 7.48. The van der Waals surface area contributed by atoms with Crippen molar-refractivity contribution in [3.8, 4) is 0 Å². The van der Waals surface area contributed by atoms with Crippen molar-refractivity contribution in [3.63, 3.8) is 0 Å². The maximum absolute atomic E-state index is 11.5. The van der Waals surface area contributed by atoms with Crippen molar-refractivity contribution in [2.75, 3.05) is 6.54 Å². The number of carbonyl (C=O) groups excluding carboxylic acids is 1. The van der Waals surface area contributed by atoms with Crippen LogP contribution < -0.4 is 10.9 Å². The SMILES string of the molecule is Cn1c(Br)cn(CCCNC(=O)OC(C)(C)C)c1=NC(=O)O. The van der Waals surface area contributed by atoms with E-state index in [4.69, 9.17) is 9.84 Å². The highest BCUT2D eigenvalue weighted by Crippen LogP contribution is 2.07. The highest BCUT2D eigenvalue weighted by atomic mass is 79.9. The molecule has 0 saturated carbocycles. The number of carboxylic acid groups (broad SMARTS) is 1. The Balaban J connectivity index is 2.58. The molecule has 0 saturated heterocycles. The van der Waals surface area contributed by atoms with E-state index >= 15 is 0 Å². The Morgan fingerprint density at radius 1 is 1.45 bits per heavy atom. The van der Waals surface area contributed by atoms with Crippen LogP contribution in [0.25, 0.3) is 0 Å². The van der Waals surface area contributed by atoms with Gasteiger partial charge in [0.1, 0.15) is 10.2 Å². The van der Waals surface area contributed by atoms with Crippen LogP contribution in [-0.4, -0.2) is 38.6 Å².